The number of hydrogen-bond donors (Lipinski definition) is 2. The maximum atomic E-state index is 14.0. The number of alkyl halides is 2. The minimum absolute atomic E-state index is 0.0114. The number of hydrogen-bond acceptors (Lipinski definition) is 9. The number of morpholine rings is 1. The Kier molecular flexibility index (Phi) is 7.72. The summed E-state index contributed by atoms with van der Waals surface area (Å²) in [6.45, 7) is 2.10. The van der Waals surface area contributed by atoms with Crippen LogP contribution in [0, 0.1) is 0 Å². The molecule has 0 aliphatic carbocycles. The van der Waals surface area contributed by atoms with Gasteiger partial charge in [-0.05, 0) is 17.7 Å². The van der Waals surface area contributed by atoms with Crippen LogP contribution in [0.1, 0.15) is 17.8 Å². The van der Waals surface area contributed by atoms with E-state index in [0.29, 0.717) is 37.3 Å². The molecule has 5 rings (SSSR count). The Balaban J connectivity index is 1.40. The minimum atomic E-state index is -3.61. The molecule has 1 fully saturated rings. The predicted molar refractivity (Wildman–Crippen MR) is 138 cm³/mol. The van der Waals surface area contributed by atoms with Crippen molar-refractivity contribution in [1.29, 1.82) is 0 Å². The SMILES string of the molecule is O=S(=O)(CCNc1nc(N2CCOCC2)nc(-n2c(C(F)F)nc3ccccc32)n1)NCc1ccccc1. The molecule has 4 aromatic rings. The summed E-state index contributed by atoms with van der Waals surface area (Å²) in [4.78, 5) is 19.2. The van der Waals surface area contributed by atoms with Crippen LogP contribution >= 0.6 is 0 Å². The summed E-state index contributed by atoms with van der Waals surface area (Å²) in [7, 11) is -3.61. The van der Waals surface area contributed by atoms with Gasteiger partial charge in [0, 0.05) is 26.2 Å². The number of aromatic nitrogens is 5. The van der Waals surface area contributed by atoms with Gasteiger partial charge in [0.1, 0.15) is 0 Å². The molecule has 14 heteroatoms. The molecule has 0 spiro atoms. The number of nitrogens with zero attached hydrogens (tertiary/aromatic N) is 6. The van der Waals surface area contributed by atoms with Gasteiger partial charge in [0.25, 0.3) is 6.43 Å². The fourth-order valence-electron chi connectivity index (χ4n) is 4.00. The molecule has 2 N–H and O–H groups in total. The van der Waals surface area contributed by atoms with Crippen LogP contribution in [-0.4, -0.2) is 71.5 Å². The van der Waals surface area contributed by atoms with Gasteiger partial charge in [-0.2, -0.15) is 15.0 Å². The first kappa shape index (κ1) is 25.9. The summed E-state index contributed by atoms with van der Waals surface area (Å²) >= 11 is 0. The number of ether oxygens (including phenoxy) is 1. The van der Waals surface area contributed by atoms with Crippen LogP contribution in [-0.2, 0) is 21.3 Å². The first-order valence-electron chi connectivity index (χ1n) is 12.0. The highest BCUT2D eigenvalue weighted by Crippen LogP contribution is 2.27. The largest absolute Gasteiger partial charge is 0.378 e. The van der Waals surface area contributed by atoms with E-state index in [0.717, 1.165) is 5.56 Å². The number of fused-ring (bicyclic) bond motifs is 1. The molecule has 0 radical (unpaired) electrons. The zero-order valence-electron chi connectivity index (χ0n) is 20.3. The van der Waals surface area contributed by atoms with E-state index in [4.69, 9.17) is 4.74 Å². The topological polar surface area (TPSA) is 127 Å². The third-order valence-electron chi connectivity index (χ3n) is 5.88. The lowest BCUT2D eigenvalue weighted by atomic mass is 10.2. The molecule has 0 atom stereocenters. The van der Waals surface area contributed by atoms with Crippen LogP contribution in [0.4, 0.5) is 20.7 Å². The molecule has 2 aromatic carbocycles. The van der Waals surface area contributed by atoms with Crippen molar-refractivity contribution in [2.24, 2.45) is 0 Å². The third-order valence-corrected chi connectivity index (χ3v) is 7.21. The molecular formula is C24H26F2N8O3S. The fraction of sp³-hybridized carbons (Fsp3) is 0.333. The Hall–Kier alpha value is -3.75. The first-order valence-corrected chi connectivity index (χ1v) is 13.6. The Morgan fingerprint density at radius 2 is 1.63 bits per heavy atom. The number of imidazole rings is 1. The second kappa shape index (κ2) is 11.3. The van der Waals surface area contributed by atoms with Crippen molar-refractivity contribution in [2.45, 2.75) is 13.0 Å². The third kappa shape index (κ3) is 6.03. The van der Waals surface area contributed by atoms with E-state index in [9.17, 15) is 17.2 Å². The molecule has 1 aliphatic rings. The van der Waals surface area contributed by atoms with Crippen molar-refractivity contribution in [2.75, 3.05) is 48.8 Å². The van der Waals surface area contributed by atoms with Gasteiger partial charge in [0.15, 0.2) is 5.82 Å². The molecule has 0 saturated carbocycles. The lowest BCUT2D eigenvalue weighted by Crippen LogP contribution is -2.38. The summed E-state index contributed by atoms with van der Waals surface area (Å²) in [5.41, 5.74) is 1.63. The number of nitrogens with one attached hydrogen (secondary N) is 2. The first-order chi connectivity index (χ1) is 18.4. The van der Waals surface area contributed by atoms with Crippen molar-refractivity contribution in [3.63, 3.8) is 0 Å². The van der Waals surface area contributed by atoms with E-state index in [1.165, 1.54) is 4.57 Å². The van der Waals surface area contributed by atoms with Crippen LogP contribution in [0.3, 0.4) is 0 Å². The van der Waals surface area contributed by atoms with E-state index in [2.05, 4.69) is 30.0 Å². The molecule has 0 bridgehead atoms. The molecule has 0 unspecified atom stereocenters. The zero-order valence-corrected chi connectivity index (χ0v) is 21.1. The smallest absolute Gasteiger partial charge is 0.296 e. The predicted octanol–water partition coefficient (Wildman–Crippen LogP) is 2.52. The monoisotopic (exact) mass is 544 g/mol. The van der Waals surface area contributed by atoms with Crippen LogP contribution in [0.15, 0.2) is 54.6 Å². The van der Waals surface area contributed by atoms with Crippen molar-refractivity contribution in [3.8, 4) is 5.95 Å². The average molecular weight is 545 g/mol. The van der Waals surface area contributed by atoms with Crippen molar-refractivity contribution >= 4 is 33.0 Å². The molecule has 1 aliphatic heterocycles. The number of anilines is 2. The van der Waals surface area contributed by atoms with E-state index in [1.807, 2.05) is 35.2 Å². The summed E-state index contributed by atoms with van der Waals surface area (Å²) < 4.78 is 62.1. The quantitative estimate of drug-likeness (QED) is 0.310. The molecule has 1 saturated heterocycles. The number of rotatable bonds is 10. The van der Waals surface area contributed by atoms with Crippen LogP contribution in [0.5, 0.6) is 0 Å². The van der Waals surface area contributed by atoms with Gasteiger partial charge >= 0.3 is 0 Å². The Morgan fingerprint density at radius 3 is 2.39 bits per heavy atom. The molecule has 38 heavy (non-hydrogen) atoms. The van der Waals surface area contributed by atoms with Gasteiger partial charge in [-0.15, -0.1) is 0 Å². The molecule has 0 amide bonds. The maximum Gasteiger partial charge on any atom is 0.296 e. The van der Waals surface area contributed by atoms with Gasteiger partial charge < -0.3 is 15.0 Å². The highest BCUT2D eigenvalue weighted by atomic mass is 32.2. The average Bonchev–Trinajstić information content (AvgIpc) is 3.33. The highest BCUT2D eigenvalue weighted by Gasteiger charge is 2.24. The zero-order chi connectivity index (χ0) is 26.5. The normalized spacial score (nSPS) is 14.3. The molecule has 3 heterocycles. The van der Waals surface area contributed by atoms with Gasteiger partial charge in [0.05, 0.1) is 30.0 Å². The standard InChI is InChI=1S/C24H26F2N8O3S/c25-20(26)21-29-18-8-4-5-9-19(18)34(21)24-31-22(30-23(32-24)33-11-13-37-14-12-33)27-10-15-38(35,36)28-16-17-6-2-1-3-7-17/h1-9,20,28H,10-16H2,(H,27,30,31,32). The summed E-state index contributed by atoms with van der Waals surface area (Å²) in [6.07, 6.45) is -2.87. The second-order valence-electron chi connectivity index (χ2n) is 8.51. The van der Waals surface area contributed by atoms with Gasteiger partial charge in [0.2, 0.25) is 27.9 Å². The van der Waals surface area contributed by atoms with Crippen LogP contribution < -0.4 is 14.9 Å². The van der Waals surface area contributed by atoms with Gasteiger partial charge in [-0.1, -0.05) is 42.5 Å². The Morgan fingerprint density at radius 1 is 0.921 bits per heavy atom. The van der Waals surface area contributed by atoms with E-state index in [-0.39, 0.29) is 36.7 Å². The second-order valence-corrected chi connectivity index (χ2v) is 10.4. The molecule has 11 nitrogen and oxygen atoms in total. The maximum absolute atomic E-state index is 14.0. The summed E-state index contributed by atoms with van der Waals surface area (Å²) in [5.74, 6) is -0.456. The van der Waals surface area contributed by atoms with Crippen molar-refractivity contribution in [3.05, 3.63) is 66.0 Å². The van der Waals surface area contributed by atoms with Crippen LogP contribution in [0.25, 0.3) is 17.0 Å². The number of para-hydroxylation sites is 2. The number of sulfonamides is 1. The Bertz CT molecular complexity index is 1500. The van der Waals surface area contributed by atoms with E-state index < -0.39 is 22.3 Å². The fourth-order valence-corrected chi connectivity index (χ4v) is 4.90. The lowest BCUT2D eigenvalue weighted by Gasteiger charge is -2.27. The molecule has 200 valence electrons. The Labute approximate surface area is 218 Å². The highest BCUT2D eigenvalue weighted by molar-refractivity contribution is 7.89. The molecule has 2 aromatic heterocycles. The van der Waals surface area contributed by atoms with Crippen molar-refractivity contribution < 1.29 is 21.9 Å². The summed E-state index contributed by atoms with van der Waals surface area (Å²) in [5, 5.41) is 2.92. The van der Waals surface area contributed by atoms with E-state index in [1.54, 1.807) is 24.3 Å². The van der Waals surface area contributed by atoms with Gasteiger partial charge in [-0.3, -0.25) is 4.57 Å². The van der Waals surface area contributed by atoms with Gasteiger partial charge in [-0.25, -0.2) is 26.9 Å². The van der Waals surface area contributed by atoms with Crippen LogP contribution in [0.2, 0.25) is 0 Å². The number of halogens is 2. The van der Waals surface area contributed by atoms with Crippen molar-refractivity contribution in [1.82, 2.24) is 29.2 Å². The number of benzene rings is 2. The molecular weight excluding hydrogens is 518 g/mol. The lowest BCUT2D eigenvalue weighted by molar-refractivity contribution is 0.122. The summed E-state index contributed by atoms with van der Waals surface area (Å²) in [6, 6.07) is 15.9. The van der Waals surface area contributed by atoms with E-state index >= 15 is 0 Å². The minimum Gasteiger partial charge on any atom is -0.378 e.